The van der Waals surface area contributed by atoms with Crippen molar-refractivity contribution in [2.45, 2.75) is 37.6 Å². The maximum atomic E-state index is 13.0. The fourth-order valence-electron chi connectivity index (χ4n) is 6.59. The molecule has 0 spiro atoms. The predicted octanol–water partition coefficient (Wildman–Crippen LogP) is 3.63. The fourth-order valence-corrected chi connectivity index (χ4v) is 6.59. The predicted molar refractivity (Wildman–Crippen MR) is 124 cm³/mol. The Hall–Kier alpha value is -3.35. The van der Waals surface area contributed by atoms with Crippen molar-refractivity contribution in [2.24, 2.45) is 17.3 Å². The Labute approximate surface area is 198 Å². The fraction of sp³-hybridized carbons (Fsp3) is 0.444. The summed E-state index contributed by atoms with van der Waals surface area (Å²) in [5.74, 6) is -1.16. The van der Waals surface area contributed by atoms with E-state index in [9.17, 15) is 19.5 Å². The summed E-state index contributed by atoms with van der Waals surface area (Å²) in [5, 5.41) is 12.5. The molecule has 2 saturated carbocycles. The molecular weight excluding hydrogens is 432 g/mol. The largest absolute Gasteiger partial charge is 0.479 e. The van der Waals surface area contributed by atoms with Crippen molar-refractivity contribution >= 4 is 18.0 Å². The first-order valence-electron chi connectivity index (χ1n) is 12.0. The van der Waals surface area contributed by atoms with Gasteiger partial charge in [-0.1, -0.05) is 55.5 Å². The molecule has 7 heteroatoms. The summed E-state index contributed by atoms with van der Waals surface area (Å²) in [6.07, 6.45) is 1.26. The summed E-state index contributed by atoms with van der Waals surface area (Å²) in [6.45, 7) is 3.17. The molecule has 2 aromatic carbocycles. The molecule has 0 radical (unpaired) electrons. The van der Waals surface area contributed by atoms with Crippen LogP contribution >= 0.6 is 0 Å². The molecule has 2 saturated heterocycles. The van der Waals surface area contributed by atoms with Crippen LogP contribution in [-0.2, 0) is 14.3 Å². The number of rotatable bonds is 6. The van der Waals surface area contributed by atoms with Crippen LogP contribution in [0.2, 0.25) is 0 Å². The molecule has 2 atom stereocenters. The third kappa shape index (κ3) is 3.13. The normalized spacial score (nSPS) is 30.2. The van der Waals surface area contributed by atoms with Crippen LogP contribution in [0.15, 0.2) is 48.5 Å². The van der Waals surface area contributed by atoms with Gasteiger partial charge in [-0.05, 0) is 52.8 Å². The minimum absolute atomic E-state index is 0.00336. The van der Waals surface area contributed by atoms with Gasteiger partial charge in [-0.3, -0.25) is 4.79 Å². The van der Waals surface area contributed by atoms with Crippen molar-refractivity contribution in [3.8, 4) is 11.1 Å². The Morgan fingerprint density at radius 1 is 1.06 bits per heavy atom. The lowest BCUT2D eigenvalue weighted by molar-refractivity contribution is -0.160. The van der Waals surface area contributed by atoms with E-state index in [0.29, 0.717) is 32.4 Å². The van der Waals surface area contributed by atoms with E-state index in [4.69, 9.17) is 4.74 Å². The van der Waals surface area contributed by atoms with Crippen molar-refractivity contribution in [3.05, 3.63) is 59.7 Å². The van der Waals surface area contributed by atoms with Crippen LogP contribution in [0.4, 0.5) is 4.79 Å². The molecule has 2 N–H and O–H groups in total. The van der Waals surface area contributed by atoms with Crippen LogP contribution in [0, 0.1) is 17.3 Å². The number of nitrogens with zero attached hydrogens (tertiary/aromatic N) is 1. The maximum absolute atomic E-state index is 13.0. The van der Waals surface area contributed by atoms with E-state index < -0.39 is 17.6 Å². The average Bonchev–Trinajstić information content (AvgIpc) is 3.31. The number of ether oxygens (including phenoxy) is 1. The summed E-state index contributed by atoms with van der Waals surface area (Å²) in [5.41, 5.74) is 3.60. The van der Waals surface area contributed by atoms with E-state index >= 15 is 0 Å². The first-order chi connectivity index (χ1) is 16.3. The summed E-state index contributed by atoms with van der Waals surface area (Å²) in [4.78, 5) is 38.8. The van der Waals surface area contributed by atoms with Gasteiger partial charge in [-0.25, -0.2) is 9.59 Å². The molecule has 7 nitrogen and oxygen atoms in total. The van der Waals surface area contributed by atoms with Gasteiger partial charge in [0, 0.05) is 24.9 Å². The molecule has 4 fully saturated rings. The van der Waals surface area contributed by atoms with Gasteiger partial charge in [0.1, 0.15) is 12.1 Å². The van der Waals surface area contributed by atoms with Gasteiger partial charge in [-0.15, -0.1) is 0 Å². The van der Waals surface area contributed by atoms with Crippen molar-refractivity contribution in [3.63, 3.8) is 0 Å². The quantitative estimate of drug-likeness (QED) is 0.686. The highest BCUT2D eigenvalue weighted by Crippen LogP contribution is 2.60. The van der Waals surface area contributed by atoms with Gasteiger partial charge in [0.15, 0.2) is 0 Å². The van der Waals surface area contributed by atoms with E-state index in [2.05, 4.69) is 29.6 Å². The van der Waals surface area contributed by atoms with Gasteiger partial charge in [-0.2, -0.15) is 0 Å². The van der Waals surface area contributed by atoms with Crippen molar-refractivity contribution in [1.82, 2.24) is 10.2 Å². The monoisotopic (exact) mass is 460 g/mol. The highest BCUT2D eigenvalue weighted by molar-refractivity contribution is 5.92. The highest BCUT2D eigenvalue weighted by atomic mass is 16.5. The van der Waals surface area contributed by atoms with Gasteiger partial charge >= 0.3 is 12.1 Å². The molecule has 5 aliphatic rings. The molecule has 34 heavy (non-hydrogen) atoms. The summed E-state index contributed by atoms with van der Waals surface area (Å²) in [6, 6.07) is 16.4. The molecule has 7 rings (SSSR count). The first-order valence-corrected chi connectivity index (χ1v) is 12.0. The van der Waals surface area contributed by atoms with Gasteiger partial charge < -0.3 is 20.1 Å². The molecule has 2 heterocycles. The summed E-state index contributed by atoms with van der Waals surface area (Å²) >= 11 is 0. The van der Waals surface area contributed by atoms with E-state index in [1.165, 1.54) is 11.1 Å². The van der Waals surface area contributed by atoms with Crippen LogP contribution in [0.5, 0.6) is 0 Å². The van der Waals surface area contributed by atoms with Crippen molar-refractivity contribution in [2.75, 3.05) is 19.7 Å². The van der Waals surface area contributed by atoms with E-state index in [0.717, 1.165) is 11.1 Å². The number of hydrogen-bond acceptors (Lipinski definition) is 4. The van der Waals surface area contributed by atoms with Gasteiger partial charge in [0.05, 0.1) is 0 Å². The molecule has 2 bridgehead atoms. The molecular formula is C27H28N2O5. The number of fused-ring (bicyclic) bond motifs is 4. The lowest BCUT2D eigenvalue weighted by Crippen LogP contribution is -2.56. The third-order valence-electron chi connectivity index (χ3n) is 8.25. The van der Waals surface area contributed by atoms with Crippen molar-refractivity contribution < 1.29 is 24.2 Å². The lowest BCUT2D eigenvalue weighted by atomic mass is 9.63. The zero-order valence-corrected chi connectivity index (χ0v) is 19.1. The number of hydrogen-bond donors (Lipinski definition) is 2. The van der Waals surface area contributed by atoms with E-state index in [1.807, 2.05) is 31.2 Å². The minimum Gasteiger partial charge on any atom is -0.479 e. The Balaban J connectivity index is 1.02. The second-order valence-corrected chi connectivity index (χ2v) is 10.7. The van der Waals surface area contributed by atoms with Crippen LogP contribution in [0.3, 0.4) is 0 Å². The number of carboxylic acid groups (broad SMARTS) is 1. The second kappa shape index (κ2) is 7.32. The standard InChI is InChI=1S/C27H28N2O5/c1-26-13-27(14-26,24(31)32)29(15-26)23(30)21-10-16(21)11-28-25(33)34-12-22-19-8-4-2-6-17(19)18-7-3-5-9-20(18)22/h2-9,16,21-22H,10-15H2,1H3,(H,28,33)(H,31,32)/t16-,21-,26?,27?/m0/s1. The topological polar surface area (TPSA) is 95.9 Å². The minimum atomic E-state index is -1.01. The van der Waals surface area contributed by atoms with Crippen LogP contribution in [-0.4, -0.2) is 53.2 Å². The zero-order chi connectivity index (χ0) is 23.7. The number of aliphatic carboxylic acids is 1. The Bertz CT molecular complexity index is 1160. The number of nitrogens with one attached hydrogen (secondary N) is 1. The number of amides is 2. The molecule has 2 amide bonds. The van der Waals surface area contributed by atoms with Crippen molar-refractivity contribution in [1.29, 1.82) is 0 Å². The van der Waals surface area contributed by atoms with E-state index in [-0.39, 0.29) is 35.7 Å². The molecule has 176 valence electrons. The number of benzene rings is 2. The van der Waals surface area contributed by atoms with Crippen LogP contribution in [0.1, 0.15) is 43.2 Å². The smallest absolute Gasteiger partial charge is 0.407 e. The lowest BCUT2D eigenvalue weighted by Gasteiger charge is -2.42. The SMILES string of the molecule is CC12CN(C(=O)[C@H]3C[C@H]3CNC(=O)OCC3c4ccccc4-c4ccccc43)C(C(=O)O)(C1)C2. The van der Waals surface area contributed by atoms with E-state index in [1.54, 1.807) is 4.90 Å². The summed E-state index contributed by atoms with van der Waals surface area (Å²) in [7, 11) is 0. The number of alkyl carbamates (subject to hydrolysis) is 1. The highest BCUT2D eigenvalue weighted by Gasteiger charge is 2.69. The number of carbonyl (C=O) groups excluding carboxylic acids is 2. The number of carboxylic acids is 1. The zero-order valence-electron chi connectivity index (χ0n) is 19.1. The maximum Gasteiger partial charge on any atom is 0.407 e. The summed E-state index contributed by atoms with van der Waals surface area (Å²) < 4.78 is 5.57. The molecule has 0 aromatic heterocycles. The number of carbonyl (C=O) groups is 3. The van der Waals surface area contributed by atoms with Crippen LogP contribution in [0.25, 0.3) is 11.1 Å². The Kier molecular flexibility index (Phi) is 4.57. The van der Waals surface area contributed by atoms with Gasteiger partial charge in [0.25, 0.3) is 0 Å². The third-order valence-corrected chi connectivity index (χ3v) is 8.25. The van der Waals surface area contributed by atoms with Gasteiger partial charge in [0.2, 0.25) is 5.91 Å². The average molecular weight is 461 g/mol. The molecule has 2 aromatic rings. The second-order valence-electron chi connectivity index (χ2n) is 10.7. The Morgan fingerprint density at radius 3 is 2.29 bits per heavy atom. The first kappa shape index (κ1) is 21.2. The van der Waals surface area contributed by atoms with Crippen LogP contribution < -0.4 is 5.32 Å². The molecule has 2 aliphatic heterocycles. The molecule has 0 unspecified atom stereocenters. The molecule has 3 aliphatic carbocycles. The Morgan fingerprint density at radius 2 is 1.68 bits per heavy atom.